The first-order valence-electron chi connectivity index (χ1n) is 4.38. The van der Waals surface area contributed by atoms with Gasteiger partial charge in [-0.15, -0.1) is 12.1 Å². The zero-order chi connectivity index (χ0) is 9.64. The van der Waals surface area contributed by atoms with Crippen molar-refractivity contribution in [2.24, 2.45) is 10.2 Å². The van der Waals surface area contributed by atoms with Crippen molar-refractivity contribution in [2.45, 2.75) is 0 Å². The second-order valence-corrected chi connectivity index (χ2v) is 2.79. The van der Waals surface area contributed by atoms with E-state index >= 15 is 0 Å². The minimum absolute atomic E-state index is 0. The molecule has 0 aliphatic carbocycles. The van der Waals surface area contributed by atoms with E-state index in [-0.39, 0.29) is 18.9 Å². The molecule has 2 nitrogen and oxygen atoms in total. The number of hydrogen-bond donors (Lipinski definition) is 0. The third-order valence-corrected chi connectivity index (χ3v) is 1.74. The Balaban J connectivity index is 0.00000112. The minimum atomic E-state index is 0. The largest absolute Gasteiger partial charge is 1.00 e. The van der Waals surface area contributed by atoms with Gasteiger partial charge in [-0.1, -0.05) is 18.2 Å². The molecule has 2 aromatic carbocycles. The van der Waals surface area contributed by atoms with Crippen molar-refractivity contribution in [3.05, 3.63) is 60.7 Å². The van der Waals surface area contributed by atoms with Crippen LogP contribution in [-0.4, -0.2) is 0 Å². The second-order valence-electron chi connectivity index (χ2n) is 2.79. The van der Waals surface area contributed by atoms with E-state index in [4.69, 9.17) is 0 Å². The fourth-order valence-corrected chi connectivity index (χ4v) is 1.05. The van der Waals surface area contributed by atoms with Crippen molar-refractivity contribution in [1.29, 1.82) is 0 Å². The number of rotatable bonds is 2. The third-order valence-electron chi connectivity index (χ3n) is 1.74. The Morgan fingerprint density at radius 2 is 1.27 bits per heavy atom. The van der Waals surface area contributed by atoms with Gasteiger partial charge < -0.3 is 0 Å². The summed E-state index contributed by atoms with van der Waals surface area (Å²) in [6.45, 7) is 0. The van der Waals surface area contributed by atoms with Crippen molar-refractivity contribution in [2.75, 3.05) is 0 Å². The first-order chi connectivity index (χ1) is 6.95. The SMILES string of the molecule is [Li+].[c-]1ccc(N=Nc2ccccc2)cc1. The fourth-order valence-electron chi connectivity index (χ4n) is 1.05. The molecule has 2 aromatic rings. The Morgan fingerprint density at radius 1 is 0.733 bits per heavy atom. The summed E-state index contributed by atoms with van der Waals surface area (Å²) in [5.41, 5.74) is 1.70. The third kappa shape index (κ3) is 3.71. The van der Waals surface area contributed by atoms with Crippen molar-refractivity contribution in [3.8, 4) is 0 Å². The first kappa shape index (κ1) is 11.7. The Morgan fingerprint density at radius 3 is 1.87 bits per heavy atom. The second kappa shape index (κ2) is 6.18. The van der Waals surface area contributed by atoms with Gasteiger partial charge in [-0.3, -0.25) is 0 Å². The van der Waals surface area contributed by atoms with Gasteiger partial charge in [-0.25, -0.2) is 0 Å². The molecule has 0 fully saturated rings. The molecule has 0 heterocycles. The van der Waals surface area contributed by atoms with Gasteiger partial charge in [0, 0.05) is 0 Å². The average Bonchev–Trinajstić information content (AvgIpc) is 2.29. The first-order valence-corrected chi connectivity index (χ1v) is 4.38. The molecule has 0 saturated carbocycles. The van der Waals surface area contributed by atoms with E-state index in [2.05, 4.69) is 16.3 Å². The Hall–Kier alpha value is -1.36. The molecule has 0 amide bonds. The molecule has 0 saturated heterocycles. The summed E-state index contributed by atoms with van der Waals surface area (Å²) in [6.07, 6.45) is 0. The van der Waals surface area contributed by atoms with Crippen LogP contribution in [0, 0.1) is 6.07 Å². The van der Waals surface area contributed by atoms with Gasteiger partial charge in [0.15, 0.2) is 0 Å². The Bertz CT molecular complexity index is 371. The average molecular weight is 188 g/mol. The molecule has 0 aliphatic heterocycles. The van der Waals surface area contributed by atoms with Crippen LogP contribution in [-0.2, 0) is 0 Å². The standard InChI is InChI=1S/C12H9N2.Li/c1-3-7-11(8-4-1)13-14-12-9-5-2-6-10-12;/h1,3-10H;/q-1;+1. The van der Waals surface area contributed by atoms with Crippen LogP contribution in [0.4, 0.5) is 11.4 Å². The van der Waals surface area contributed by atoms with Gasteiger partial charge in [-0.2, -0.15) is 28.4 Å². The van der Waals surface area contributed by atoms with E-state index in [1.807, 2.05) is 54.6 Å². The molecule has 0 aliphatic rings. The van der Waals surface area contributed by atoms with Gasteiger partial charge >= 0.3 is 18.9 Å². The minimum Gasteiger partial charge on any atom is -0.184 e. The topological polar surface area (TPSA) is 24.7 Å². The van der Waals surface area contributed by atoms with Gasteiger partial charge in [-0.05, 0) is 17.8 Å². The molecule has 15 heavy (non-hydrogen) atoms. The Labute approximate surface area is 101 Å². The quantitative estimate of drug-likeness (QED) is 0.380. The maximum atomic E-state index is 4.09. The van der Waals surface area contributed by atoms with Crippen LogP contribution in [0.5, 0.6) is 0 Å². The summed E-state index contributed by atoms with van der Waals surface area (Å²) in [5.74, 6) is 0. The van der Waals surface area contributed by atoms with Gasteiger partial charge in [0.25, 0.3) is 0 Å². The monoisotopic (exact) mass is 188 g/mol. The van der Waals surface area contributed by atoms with Crippen molar-refractivity contribution in [1.82, 2.24) is 0 Å². The number of hydrogen-bond acceptors (Lipinski definition) is 2. The van der Waals surface area contributed by atoms with Gasteiger partial charge in [0.05, 0.1) is 5.69 Å². The summed E-state index contributed by atoms with van der Waals surface area (Å²) >= 11 is 0. The normalized spacial score (nSPS) is 9.87. The summed E-state index contributed by atoms with van der Waals surface area (Å²) in [5, 5.41) is 8.17. The fraction of sp³-hybridized carbons (Fsp3) is 0. The zero-order valence-electron chi connectivity index (χ0n) is 8.59. The van der Waals surface area contributed by atoms with Crippen LogP contribution in [0.1, 0.15) is 0 Å². The molecule has 3 heteroatoms. The molecule has 68 valence electrons. The Kier molecular flexibility index (Phi) is 4.83. The number of azo groups is 1. The molecule has 0 bridgehead atoms. The van der Waals surface area contributed by atoms with E-state index in [9.17, 15) is 0 Å². The zero-order valence-corrected chi connectivity index (χ0v) is 8.59. The molecular weight excluding hydrogens is 179 g/mol. The number of nitrogens with zero attached hydrogens (tertiary/aromatic N) is 2. The molecule has 2 rings (SSSR count). The molecule has 0 aromatic heterocycles. The van der Waals surface area contributed by atoms with Crippen molar-refractivity contribution in [3.63, 3.8) is 0 Å². The molecule has 0 unspecified atom stereocenters. The van der Waals surface area contributed by atoms with Crippen LogP contribution in [0.3, 0.4) is 0 Å². The molecule has 0 spiro atoms. The van der Waals surface area contributed by atoms with Crippen LogP contribution in [0.25, 0.3) is 0 Å². The smallest absolute Gasteiger partial charge is 0.184 e. The van der Waals surface area contributed by atoms with Crippen LogP contribution in [0.2, 0.25) is 0 Å². The summed E-state index contributed by atoms with van der Waals surface area (Å²) in [7, 11) is 0. The van der Waals surface area contributed by atoms with E-state index in [1.165, 1.54) is 0 Å². The number of benzene rings is 2. The van der Waals surface area contributed by atoms with Crippen LogP contribution < -0.4 is 18.9 Å². The molecule has 0 atom stereocenters. The maximum absolute atomic E-state index is 4.09. The van der Waals surface area contributed by atoms with E-state index in [1.54, 1.807) is 0 Å². The van der Waals surface area contributed by atoms with Crippen LogP contribution in [0.15, 0.2) is 64.8 Å². The van der Waals surface area contributed by atoms with Gasteiger partial charge in [0.1, 0.15) is 0 Å². The van der Waals surface area contributed by atoms with E-state index < -0.39 is 0 Å². The van der Waals surface area contributed by atoms with E-state index in [0.29, 0.717) is 0 Å². The van der Waals surface area contributed by atoms with Crippen molar-refractivity contribution >= 4 is 11.4 Å². The van der Waals surface area contributed by atoms with Gasteiger partial charge in [0.2, 0.25) is 0 Å². The summed E-state index contributed by atoms with van der Waals surface area (Å²) in [6, 6.07) is 20.0. The summed E-state index contributed by atoms with van der Waals surface area (Å²) in [4.78, 5) is 0. The van der Waals surface area contributed by atoms with Crippen LogP contribution >= 0.6 is 0 Å². The maximum Gasteiger partial charge on any atom is 1.00 e. The molecule has 0 N–H and O–H groups in total. The van der Waals surface area contributed by atoms with E-state index in [0.717, 1.165) is 11.4 Å². The predicted octanol–water partition coefficient (Wildman–Crippen LogP) is 0.906. The summed E-state index contributed by atoms with van der Waals surface area (Å²) < 4.78 is 0. The van der Waals surface area contributed by atoms with Crippen molar-refractivity contribution < 1.29 is 18.9 Å². The molecular formula is C12H9LiN2. The predicted molar refractivity (Wildman–Crippen MR) is 55.9 cm³/mol. The molecule has 0 radical (unpaired) electrons.